The summed E-state index contributed by atoms with van der Waals surface area (Å²) in [4.78, 5) is 11.8. The van der Waals surface area contributed by atoms with E-state index in [9.17, 15) is 9.18 Å². The van der Waals surface area contributed by atoms with Crippen molar-refractivity contribution in [1.82, 2.24) is 5.32 Å². The van der Waals surface area contributed by atoms with Crippen LogP contribution in [-0.2, 0) is 11.2 Å². The minimum Gasteiger partial charge on any atom is -0.384 e. The van der Waals surface area contributed by atoms with E-state index < -0.39 is 0 Å². The number of halogens is 2. The number of rotatable bonds is 7. The number of hydrogen-bond acceptors (Lipinski definition) is 2. The van der Waals surface area contributed by atoms with Crippen LogP contribution in [0.4, 0.5) is 10.1 Å². The van der Waals surface area contributed by atoms with Gasteiger partial charge in [0.1, 0.15) is 5.82 Å². The molecule has 0 radical (unpaired) electrons. The minimum atomic E-state index is -0.228. The van der Waals surface area contributed by atoms with Gasteiger partial charge in [0.15, 0.2) is 0 Å². The van der Waals surface area contributed by atoms with E-state index in [-0.39, 0.29) is 11.7 Å². The topological polar surface area (TPSA) is 41.1 Å². The predicted molar refractivity (Wildman–Crippen MR) is 95.1 cm³/mol. The van der Waals surface area contributed by atoms with Gasteiger partial charge in [-0.25, -0.2) is 4.39 Å². The Kier molecular flexibility index (Phi) is 6.59. The van der Waals surface area contributed by atoms with E-state index in [1.165, 1.54) is 11.6 Å². The first-order chi connectivity index (χ1) is 11.1. The molecule has 0 spiro atoms. The Bertz CT molecular complexity index is 676. The van der Waals surface area contributed by atoms with Crippen LogP contribution in [0.25, 0.3) is 0 Å². The summed E-state index contributed by atoms with van der Waals surface area (Å²) in [5, 5.41) is 6.02. The molecule has 0 unspecified atom stereocenters. The first-order valence-electron chi connectivity index (χ1n) is 7.56. The van der Waals surface area contributed by atoms with E-state index in [1.807, 2.05) is 25.1 Å². The highest BCUT2D eigenvalue weighted by atomic mass is 79.9. The number of carbonyl (C=O) groups excluding carboxylic acids is 1. The summed E-state index contributed by atoms with van der Waals surface area (Å²) < 4.78 is 14.5. The molecule has 3 nitrogen and oxygen atoms in total. The van der Waals surface area contributed by atoms with Crippen LogP contribution in [0.1, 0.15) is 17.5 Å². The molecule has 2 aromatic carbocycles. The molecule has 0 aromatic heterocycles. The fourth-order valence-corrected chi connectivity index (χ4v) is 2.53. The highest BCUT2D eigenvalue weighted by Crippen LogP contribution is 2.20. The average Bonchev–Trinajstić information content (AvgIpc) is 2.53. The summed E-state index contributed by atoms with van der Waals surface area (Å²) in [6.07, 6.45) is 0.875. The maximum Gasteiger partial charge on any atom is 0.221 e. The lowest BCUT2D eigenvalue weighted by Gasteiger charge is -2.09. The number of anilines is 1. The summed E-state index contributed by atoms with van der Waals surface area (Å²) in [7, 11) is 0. The fraction of sp³-hybridized carbons (Fsp3) is 0.278. The lowest BCUT2D eigenvalue weighted by molar-refractivity contribution is -0.120. The van der Waals surface area contributed by atoms with Crippen molar-refractivity contribution in [3.8, 4) is 0 Å². The first kappa shape index (κ1) is 17.5. The number of aryl methyl sites for hydroxylation is 1. The van der Waals surface area contributed by atoms with E-state index in [2.05, 4.69) is 26.6 Å². The second kappa shape index (κ2) is 8.67. The van der Waals surface area contributed by atoms with Crippen LogP contribution < -0.4 is 10.6 Å². The second-order valence-electron chi connectivity index (χ2n) is 5.33. The van der Waals surface area contributed by atoms with Gasteiger partial charge in [0.25, 0.3) is 0 Å². The molecule has 2 N–H and O–H groups in total. The van der Waals surface area contributed by atoms with E-state index in [4.69, 9.17) is 0 Å². The zero-order valence-corrected chi connectivity index (χ0v) is 14.6. The second-order valence-corrected chi connectivity index (χ2v) is 6.19. The van der Waals surface area contributed by atoms with Gasteiger partial charge >= 0.3 is 0 Å². The maximum atomic E-state index is 13.4. The normalized spacial score (nSPS) is 10.4. The van der Waals surface area contributed by atoms with Gasteiger partial charge in [0, 0.05) is 29.7 Å². The zero-order valence-electron chi connectivity index (χ0n) is 13.0. The summed E-state index contributed by atoms with van der Waals surface area (Å²) >= 11 is 3.48. The van der Waals surface area contributed by atoms with Gasteiger partial charge in [-0.1, -0.05) is 40.2 Å². The van der Waals surface area contributed by atoms with Crippen molar-refractivity contribution >= 4 is 27.5 Å². The van der Waals surface area contributed by atoms with Crippen molar-refractivity contribution in [1.29, 1.82) is 0 Å². The predicted octanol–water partition coefficient (Wildman–Crippen LogP) is 4.06. The van der Waals surface area contributed by atoms with Crippen LogP contribution in [-0.4, -0.2) is 19.0 Å². The smallest absolute Gasteiger partial charge is 0.221 e. The molecule has 0 atom stereocenters. The third kappa shape index (κ3) is 5.67. The molecule has 122 valence electrons. The molecule has 0 aliphatic carbocycles. The van der Waals surface area contributed by atoms with E-state index >= 15 is 0 Å². The van der Waals surface area contributed by atoms with Crippen LogP contribution in [0.3, 0.4) is 0 Å². The lowest BCUT2D eigenvalue weighted by Crippen LogP contribution is -2.27. The van der Waals surface area contributed by atoms with Crippen LogP contribution in [0.5, 0.6) is 0 Å². The van der Waals surface area contributed by atoms with Crippen molar-refractivity contribution in [2.45, 2.75) is 19.8 Å². The Labute approximate surface area is 144 Å². The Morgan fingerprint density at radius 3 is 2.70 bits per heavy atom. The molecule has 0 aliphatic rings. The Morgan fingerprint density at radius 2 is 1.96 bits per heavy atom. The van der Waals surface area contributed by atoms with Gasteiger partial charge in [-0.3, -0.25) is 4.79 Å². The average molecular weight is 379 g/mol. The molecule has 2 aromatic rings. The molecule has 0 heterocycles. The maximum absolute atomic E-state index is 13.4. The summed E-state index contributed by atoms with van der Waals surface area (Å²) in [6.45, 7) is 3.02. The molecule has 5 heteroatoms. The number of hydrogen-bond donors (Lipinski definition) is 2. The Morgan fingerprint density at radius 1 is 1.17 bits per heavy atom. The van der Waals surface area contributed by atoms with Crippen LogP contribution in [0.2, 0.25) is 0 Å². The fourth-order valence-electron chi connectivity index (χ4n) is 2.15. The van der Waals surface area contributed by atoms with E-state index in [0.717, 1.165) is 10.2 Å². The third-order valence-corrected chi connectivity index (χ3v) is 4.38. The van der Waals surface area contributed by atoms with Gasteiger partial charge in [-0.2, -0.15) is 0 Å². The highest BCUT2D eigenvalue weighted by molar-refractivity contribution is 9.10. The largest absolute Gasteiger partial charge is 0.384 e. The third-order valence-electron chi connectivity index (χ3n) is 3.53. The number of amides is 1. The SMILES string of the molecule is Cc1ccc(NCCC(=O)NCCc2ccccc2F)cc1Br. The molecular weight excluding hydrogens is 359 g/mol. The van der Waals surface area contributed by atoms with Gasteiger partial charge in [-0.05, 0) is 42.7 Å². The van der Waals surface area contributed by atoms with Gasteiger partial charge in [0.2, 0.25) is 5.91 Å². The molecule has 0 aliphatic heterocycles. The van der Waals surface area contributed by atoms with Crippen LogP contribution >= 0.6 is 15.9 Å². The van der Waals surface area contributed by atoms with E-state index in [1.54, 1.807) is 18.2 Å². The van der Waals surface area contributed by atoms with Gasteiger partial charge in [0.05, 0.1) is 0 Å². The number of benzene rings is 2. The van der Waals surface area contributed by atoms with Gasteiger partial charge in [-0.15, -0.1) is 0 Å². The molecule has 0 fully saturated rings. The monoisotopic (exact) mass is 378 g/mol. The van der Waals surface area contributed by atoms with E-state index in [0.29, 0.717) is 31.5 Å². The molecular formula is C18H20BrFN2O. The van der Waals surface area contributed by atoms with Crippen molar-refractivity contribution in [2.75, 3.05) is 18.4 Å². The standard InChI is InChI=1S/C18H20BrFN2O/c1-13-6-7-15(12-16(13)19)21-11-9-18(23)22-10-8-14-4-2-3-5-17(14)20/h2-7,12,21H,8-11H2,1H3,(H,22,23). The van der Waals surface area contributed by atoms with Crippen molar-refractivity contribution < 1.29 is 9.18 Å². The quantitative estimate of drug-likeness (QED) is 0.762. The molecule has 0 saturated carbocycles. The first-order valence-corrected chi connectivity index (χ1v) is 8.35. The Balaban J connectivity index is 1.67. The van der Waals surface area contributed by atoms with Crippen LogP contribution in [0, 0.1) is 12.7 Å². The molecule has 0 bridgehead atoms. The Hall–Kier alpha value is -1.88. The summed E-state index contributed by atoms with van der Waals surface area (Å²) in [5.74, 6) is -0.270. The molecule has 1 amide bonds. The zero-order chi connectivity index (χ0) is 16.7. The molecule has 23 heavy (non-hydrogen) atoms. The van der Waals surface area contributed by atoms with Crippen molar-refractivity contribution in [2.24, 2.45) is 0 Å². The highest BCUT2D eigenvalue weighted by Gasteiger charge is 2.04. The van der Waals surface area contributed by atoms with Gasteiger partial charge < -0.3 is 10.6 Å². The minimum absolute atomic E-state index is 0.0417. The number of carbonyl (C=O) groups is 1. The summed E-state index contributed by atoms with van der Waals surface area (Å²) in [5.41, 5.74) is 2.76. The van der Waals surface area contributed by atoms with Crippen molar-refractivity contribution in [3.63, 3.8) is 0 Å². The molecule has 0 saturated heterocycles. The number of nitrogens with one attached hydrogen (secondary N) is 2. The lowest BCUT2D eigenvalue weighted by atomic mass is 10.1. The molecule has 2 rings (SSSR count). The van der Waals surface area contributed by atoms with Crippen molar-refractivity contribution in [3.05, 3.63) is 63.9 Å². The van der Waals surface area contributed by atoms with Crippen LogP contribution in [0.15, 0.2) is 46.9 Å². The summed E-state index contributed by atoms with van der Waals surface area (Å²) in [6, 6.07) is 12.6.